The normalized spacial score (nSPS) is 17.0. The first kappa shape index (κ1) is 21.9. The van der Waals surface area contributed by atoms with Crippen molar-refractivity contribution < 1.29 is 18.1 Å². The summed E-state index contributed by atoms with van der Waals surface area (Å²) in [5.74, 6) is -0.218. The van der Waals surface area contributed by atoms with Crippen LogP contribution in [-0.2, 0) is 16.3 Å². The van der Waals surface area contributed by atoms with Crippen LogP contribution in [0, 0.1) is 16.0 Å². The summed E-state index contributed by atoms with van der Waals surface area (Å²) < 4.78 is 23.6. The molecule has 1 heterocycles. The molecule has 160 valence electrons. The van der Waals surface area contributed by atoms with Gasteiger partial charge in [-0.25, -0.2) is 8.42 Å². The summed E-state index contributed by atoms with van der Waals surface area (Å²) in [6, 6.07) is 13.5. The maximum atomic E-state index is 12.5. The zero-order valence-electron chi connectivity index (χ0n) is 16.8. The molecule has 0 aliphatic carbocycles. The van der Waals surface area contributed by atoms with E-state index in [2.05, 4.69) is 22.3 Å². The second kappa shape index (κ2) is 9.36. The number of hydrogen-bond acceptors (Lipinski definition) is 6. The molecule has 3 rings (SSSR count). The van der Waals surface area contributed by atoms with Crippen molar-refractivity contribution in [1.82, 2.24) is 10.2 Å². The molecule has 1 aliphatic heterocycles. The molecule has 2 aromatic carbocycles. The average molecular weight is 432 g/mol. The van der Waals surface area contributed by atoms with Gasteiger partial charge in [-0.05, 0) is 36.9 Å². The molecule has 8 nitrogen and oxygen atoms in total. The van der Waals surface area contributed by atoms with Crippen molar-refractivity contribution in [2.24, 2.45) is 5.92 Å². The molecule has 1 unspecified atom stereocenters. The van der Waals surface area contributed by atoms with Crippen LogP contribution in [0.1, 0.15) is 22.3 Å². The fraction of sp³-hybridized carbons (Fsp3) is 0.381. The molecule has 0 bridgehead atoms. The average Bonchev–Trinajstić information content (AvgIpc) is 3.18. The Kier molecular flexibility index (Phi) is 6.84. The maximum absolute atomic E-state index is 12.5. The van der Waals surface area contributed by atoms with Crippen molar-refractivity contribution in [3.63, 3.8) is 0 Å². The number of benzene rings is 2. The van der Waals surface area contributed by atoms with Crippen LogP contribution in [-0.4, -0.2) is 56.6 Å². The Morgan fingerprint density at radius 1 is 1.23 bits per heavy atom. The molecule has 2 aromatic rings. The lowest BCUT2D eigenvalue weighted by Crippen LogP contribution is -2.31. The van der Waals surface area contributed by atoms with Crippen molar-refractivity contribution in [1.29, 1.82) is 0 Å². The molecule has 1 fully saturated rings. The van der Waals surface area contributed by atoms with Crippen LogP contribution < -0.4 is 5.32 Å². The molecule has 1 amide bonds. The van der Waals surface area contributed by atoms with Crippen molar-refractivity contribution in [2.45, 2.75) is 17.7 Å². The standard InChI is InChI=1S/C21H25N3O5S/c1-30(28,29)20-12-18(11-19(13-20)24(26)27)21(25)22-14-17-8-10-23(15-17)9-7-16-5-3-2-4-6-16/h2-6,11-13,17H,7-10,14-15H2,1H3,(H,22,25). The predicted molar refractivity (Wildman–Crippen MR) is 113 cm³/mol. The van der Waals surface area contributed by atoms with Gasteiger partial charge in [0.15, 0.2) is 9.84 Å². The number of amides is 1. The first-order chi connectivity index (χ1) is 14.2. The summed E-state index contributed by atoms with van der Waals surface area (Å²) in [6.07, 6.45) is 2.89. The molecular weight excluding hydrogens is 406 g/mol. The van der Waals surface area contributed by atoms with E-state index < -0.39 is 26.4 Å². The van der Waals surface area contributed by atoms with Crippen molar-refractivity contribution in [3.8, 4) is 0 Å². The lowest BCUT2D eigenvalue weighted by atomic mass is 10.1. The summed E-state index contributed by atoms with van der Waals surface area (Å²) in [5.41, 5.74) is 0.848. The van der Waals surface area contributed by atoms with Gasteiger partial charge in [0.2, 0.25) is 0 Å². The van der Waals surface area contributed by atoms with Crippen LogP contribution >= 0.6 is 0 Å². The van der Waals surface area contributed by atoms with E-state index in [1.807, 2.05) is 18.2 Å². The van der Waals surface area contributed by atoms with Crippen molar-refractivity contribution in [2.75, 3.05) is 32.4 Å². The Hall–Kier alpha value is -2.78. The van der Waals surface area contributed by atoms with Gasteiger partial charge < -0.3 is 10.2 Å². The summed E-state index contributed by atoms with van der Waals surface area (Å²) in [6.45, 7) is 3.23. The second-order valence-corrected chi connectivity index (χ2v) is 9.66. The number of rotatable bonds is 8. The molecule has 1 aliphatic rings. The highest BCUT2D eigenvalue weighted by Gasteiger charge is 2.24. The highest BCUT2D eigenvalue weighted by Crippen LogP contribution is 2.21. The largest absolute Gasteiger partial charge is 0.352 e. The maximum Gasteiger partial charge on any atom is 0.271 e. The third-order valence-electron chi connectivity index (χ3n) is 5.27. The summed E-state index contributed by atoms with van der Waals surface area (Å²) in [4.78, 5) is 25.0. The number of nitrogens with zero attached hydrogens (tertiary/aromatic N) is 2. The number of nitrogens with one attached hydrogen (secondary N) is 1. The molecule has 1 N–H and O–H groups in total. The number of sulfone groups is 1. The minimum absolute atomic E-state index is 0.0245. The number of carbonyl (C=O) groups is 1. The van der Waals surface area contributed by atoms with E-state index >= 15 is 0 Å². The fourth-order valence-corrected chi connectivity index (χ4v) is 4.26. The molecule has 1 atom stereocenters. The zero-order valence-corrected chi connectivity index (χ0v) is 17.6. The minimum Gasteiger partial charge on any atom is -0.352 e. The monoisotopic (exact) mass is 431 g/mol. The molecule has 1 saturated heterocycles. The highest BCUT2D eigenvalue weighted by atomic mass is 32.2. The number of carbonyl (C=O) groups excluding carboxylic acids is 1. The van der Waals surface area contributed by atoms with Crippen LogP contribution in [0.3, 0.4) is 0 Å². The fourth-order valence-electron chi connectivity index (χ4n) is 3.59. The summed E-state index contributed by atoms with van der Waals surface area (Å²) >= 11 is 0. The predicted octanol–water partition coefficient (Wildman–Crippen LogP) is 2.29. The van der Waals surface area contributed by atoms with E-state index in [4.69, 9.17) is 0 Å². The number of nitro groups is 1. The van der Waals surface area contributed by atoms with Gasteiger partial charge in [-0.15, -0.1) is 0 Å². The molecule has 30 heavy (non-hydrogen) atoms. The van der Waals surface area contributed by atoms with Crippen molar-refractivity contribution >= 4 is 21.4 Å². The van der Waals surface area contributed by atoms with Gasteiger partial charge in [0, 0.05) is 43.6 Å². The van der Waals surface area contributed by atoms with Gasteiger partial charge in [-0.3, -0.25) is 14.9 Å². The Labute approximate surface area is 176 Å². The number of hydrogen-bond donors (Lipinski definition) is 1. The topological polar surface area (TPSA) is 110 Å². The lowest BCUT2D eigenvalue weighted by Gasteiger charge is -2.16. The summed E-state index contributed by atoms with van der Waals surface area (Å²) in [5, 5.41) is 13.9. The van der Waals surface area contributed by atoms with E-state index in [1.54, 1.807) is 0 Å². The van der Waals surface area contributed by atoms with Gasteiger partial charge >= 0.3 is 0 Å². The van der Waals surface area contributed by atoms with Crippen molar-refractivity contribution in [3.05, 3.63) is 69.8 Å². The van der Waals surface area contributed by atoms with E-state index in [0.717, 1.165) is 50.9 Å². The third-order valence-corrected chi connectivity index (χ3v) is 6.37. The molecule has 0 radical (unpaired) electrons. The van der Waals surface area contributed by atoms with Crippen LogP contribution in [0.2, 0.25) is 0 Å². The van der Waals surface area contributed by atoms with Gasteiger partial charge in [0.25, 0.3) is 11.6 Å². The third kappa shape index (κ3) is 5.87. The van der Waals surface area contributed by atoms with Crippen LogP contribution in [0.15, 0.2) is 53.4 Å². The Morgan fingerprint density at radius 2 is 1.97 bits per heavy atom. The summed E-state index contributed by atoms with van der Waals surface area (Å²) in [7, 11) is -3.67. The Balaban J connectivity index is 1.55. The molecule has 9 heteroatoms. The van der Waals surface area contributed by atoms with E-state index in [1.165, 1.54) is 11.6 Å². The van der Waals surface area contributed by atoms with E-state index in [9.17, 15) is 23.3 Å². The van der Waals surface area contributed by atoms with Crippen LogP contribution in [0.5, 0.6) is 0 Å². The SMILES string of the molecule is CS(=O)(=O)c1cc(C(=O)NCC2CCN(CCc3ccccc3)C2)cc([N+](=O)[O-])c1. The van der Waals surface area contributed by atoms with Crippen LogP contribution in [0.4, 0.5) is 5.69 Å². The van der Waals surface area contributed by atoms with Gasteiger partial charge in [-0.1, -0.05) is 30.3 Å². The number of likely N-dealkylation sites (tertiary alicyclic amines) is 1. The first-order valence-electron chi connectivity index (χ1n) is 9.76. The zero-order chi connectivity index (χ0) is 21.7. The quantitative estimate of drug-likeness (QED) is 0.507. The number of non-ortho nitro benzene ring substituents is 1. The molecule has 0 saturated carbocycles. The highest BCUT2D eigenvalue weighted by molar-refractivity contribution is 7.90. The Morgan fingerprint density at radius 3 is 2.63 bits per heavy atom. The molecule has 0 spiro atoms. The second-order valence-electron chi connectivity index (χ2n) is 7.65. The minimum atomic E-state index is -3.67. The molecule has 0 aromatic heterocycles. The Bertz CT molecular complexity index is 1020. The smallest absolute Gasteiger partial charge is 0.271 e. The van der Waals surface area contributed by atoms with Gasteiger partial charge in [0.1, 0.15) is 0 Å². The first-order valence-corrected chi connectivity index (χ1v) is 11.7. The lowest BCUT2D eigenvalue weighted by molar-refractivity contribution is -0.385. The van der Waals surface area contributed by atoms with Gasteiger partial charge in [-0.2, -0.15) is 0 Å². The van der Waals surface area contributed by atoms with E-state index in [0.29, 0.717) is 6.54 Å². The van der Waals surface area contributed by atoms with Crippen LogP contribution in [0.25, 0.3) is 0 Å². The van der Waals surface area contributed by atoms with Gasteiger partial charge in [0.05, 0.1) is 9.82 Å². The molecular formula is C21H25N3O5S. The van der Waals surface area contributed by atoms with E-state index in [-0.39, 0.29) is 16.4 Å². The number of nitro benzene ring substituents is 1.